The zero-order valence-corrected chi connectivity index (χ0v) is 15.8. The molecule has 3 rings (SSSR count). The van der Waals surface area contributed by atoms with Crippen LogP contribution in [0.4, 0.5) is 10.5 Å². The number of amides is 2. The first-order valence-corrected chi connectivity index (χ1v) is 9.25. The highest BCUT2D eigenvalue weighted by Gasteiger charge is 2.31. The molecule has 1 fully saturated rings. The van der Waals surface area contributed by atoms with Gasteiger partial charge in [-0.1, -0.05) is 30.3 Å². The summed E-state index contributed by atoms with van der Waals surface area (Å²) < 4.78 is 6.33. The molecule has 5 nitrogen and oxygen atoms in total. The highest BCUT2D eigenvalue weighted by Crippen LogP contribution is 2.22. The molecule has 1 saturated heterocycles. The Labute approximate surface area is 160 Å². The average molecular weight is 450 g/mol. The number of anilines is 1. The van der Waals surface area contributed by atoms with Crippen molar-refractivity contribution in [3.63, 3.8) is 0 Å². The summed E-state index contributed by atoms with van der Waals surface area (Å²) in [5.41, 5.74) is 1.77. The van der Waals surface area contributed by atoms with Crippen molar-refractivity contribution in [2.45, 2.75) is 25.5 Å². The minimum atomic E-state index is -0.563. The summed E-state index contributed by atoms with van der Waals surface area (Å²) in [7, 11) is 0. The summed E-state index contributed by atoms with van der Waals surface area (Å²) in [4.78, 5) is 26.4. The lowest BCUT2D eigenvalue weighted by atomic mass is 10.0. The molecule has 0 saturated carbocycles. The van der Waals surface area contributed by atoms with Crippen molar-refractivity contribution in [3.05, 3.63) is 63.7 Å². The molecule has 1 aliphatic rings. The van der Waals surface area contributed by atoms with E-state index in [-0.39, 0.29) is 12.5 Å². The third kappa shape index (κ3) is 4.72. The van der Waals surface area contributed by atoms with Crippen molar-refractivity contribution in [1.82, 2.24) is 5.32 Å². The van der Waals surface area contributed by atoms with E-state index in [9.17, 15) is 9.59 Å². The fraction of sp³-hybridized carbons (Fsp3) is 0.263. The minimum absolute atomic E-state index is 0.0934. The Hall–Kier alpha value is -2.09. The highest BCUT2D eigenvalue weighted by atomic mass is 127. The largest absolute Gasteiger partial charge is 0.445 e. The fourth-order valence-electron chi connectivity index (χ4n) is 2.79. The van der Waals surface area contributed by atoms with Gasteiger partial charge in [0.05, 0.1) is 0 Å². The topological polar surface area (TPSA) is 58.6 Å². The highest BCUT2D eigenvalue weighted by molar-refractivity contribution is 14.1. The number of piperidine rings is 1. The van der Waals surface area contributed by atoms with Gasteiger partial charge in [0, 0.05) is 15.8 Å². The molecule has 2 aromatic rings. The zero-order chi connectivity index (χ0) is 17.6. The van der Waals surface area contributed by atoms with E-state index in [4.69, 9.17) is 4.74 Å². The Bertz CT molecular complexity index is 734. The molecule has 0 bridgehead atoms. The predicted molar refractivity (Wildman–Crippen MR) is 104 cm³/mol. The molecule has 0 aromatic heterocycles. The van der Waals surface area contributed by atoms with E-state index in [2.05, 4.69) is 27.9 Å². The second-order valence-corrected chi connectivity index (χ2v) is 7.11. The fourth-order valence-corrected chi connectivity index (χ4v) is 3.15. The number of halogens is 1. The van der Waals surface area contributed by atoms with Crippen LogP contribution < -0.4 is 10.2 Å². The molecule has 2 amide bonds. The molecule has 25 heavy (non-hydrogen) atoms. The molecule has 0 unspecified atom stereocenters. The quantitative estimate of drug-likeness (QED) is 0.723. The average Bonchev–Trinajstić information content (AvgIpc) is 2.63. The maximum absolute atomic E-state index is 12.7. The molecule has 130 valence electrons. The van der Waals surface area contributed by atoms with E-state index >= 15 is 0 Å². The molecule has 0 aliphatic carbocycles. The second kappa shape index (κ2) is 8.33. The monoisotopic (exact) mass is 450 g/mol. The van der Waals surface area contributed by atoms with Gasteiger partial charge in [-0.3, -0.25) is 4.79 Å². The Kier molecular flexibility index (Phi) is 5.91. The van der Waals surface area contributed by atoms with Crippen LogP contribution in [0.3, 0.4) is 0 Å². The number of benzene rings is 2. The maximum Gasteiger partial charge on any atom is 0.408 e. The molecule has 1 heterocycles. The third-order valence-corrected chi connectivity index (χ3v) is 4.80. The molecule has 2 aromatic carbocycles. The number of hydrogen-bond acceptors (Lipinski definition) is 3. The van der Waals surface area contributed by atoms with Crippen LogP contribution in [0.1, 0.15) is 18.4 Å². The molecular formula is C19H19IN2O3. The summed E-state index contributed by atoms with van der Waals surface area (Å²) in [5, 5.41) is 2.70. The van der Waals surface area contributed by atoms with Crippen LogP contribution in [-0.2, 0) is 16.1 Å². The Morgan fingerprint density at radius 2 is 1.88 bits per heavy atom. The first-order valence-electron chi connectivity index (χ1n) is 8.17. The van der Waals surface area contributed by atoms with E-state index in [1.165, 1.54) is 0 Å². The molecule has 0 radical (unpaired) electrons. The van der Waals surface area contributed by atoms with Crippen molar-refractivity contribution in [3.8, 4) is 0 Å². The van der Waals surface area contributed by atoms with Crippen LogP contribution in [0.2, 0.25) is 0 Å². The third-order valence-electron chi connectivity index (χ3n) is 4.08. The Morgan fingerprint density at radius 3 is 2.60 bits per heavy atom. The first-order chi connectivity index (χ1) is 12.1. The van der Waals surface area contributed by atoms with E-state index in [1.807, 2.05) is 54.6 Å². The van der Waals surface area contributed by atoms with E-state index in [0.717, 1.165) is 21.2 Å². The number of rotatable bonds is 4. The summed E-state index contributed by atoms with van der Waals surface area (Å²) in [5.74, 6) is -0.0934. The van der Waals surface area contributed by atoms with Crippen LogP contribution >= 0.6 is 22.6 Å². The predicted octanol–water partition coefficient (Wildman–Crippen LogP) is 3.71. The second-order valence-electron chi connectivity index (χ2n) is 5.87. The number of nitrogens with zero attached hydrogens (tertiary/aromatic N) is 1. The SMILES string of the molecule is O=C(N[C@H]1CCCN(c2ccc(I)cc2)C1=O)OCc1ccccc1. The van der Waals surface area contributed by atoms with Crippen LogP contribution in [0, 0.1) is 3.57 Å². The van der Waals surface area contributed by atoms with Gasteiger partial charge in [0.2, 0.25) is 5.91 Å². The van der Waals surface area contributed by atoms with Gasteiger partial charge in [0.15, 0.2) is 0 Å². The number of alkyl carbamates (subject to hydrolysis) is 1. The van der Waals surface area contributed by atoms with Gasteiger partial charge in [0.1, 0.15) is 12.6 Å². The summed E-state index contributed by atoms with van der Waals surface area (Å²) in [6, 6.07) is 16.7. The van der Waals surface area contributed by atoms with Crippen molar-refractivity contribution < 1.29 is 14.3 Å². The van der Waals surface area contributed by atoms with Gasteiger partial charge in [0.25, 0.3) is 0 Å². The van der Waals surface area contributed by atoms with Crippen molar-refractivity contribution >= 4 is 40.3 Å². The van der Waals surface area contributed by atoms with Gasteiger partial charge in [-0.2, -0.15) is 0 Å². The first kappa shape index (κ1) is 17.7. The molecule has 1 aliphatic heterocycles. The smallest absolute Gasteiger partial charge is 0.408 e. The van der Waals surface area contributed by atoms with Crippen LogP contribution in [0.15, 0.2) is 54.6 Å². The molecule has 0 spiro atoms. The number of hydrogen-bond donors (Lipinski definition) is 1. The molecule has 1 atom stereocenters. The Morgan fingerprint density at radius 1 is 1.16 bits per heavy atom. The number of nitrogens with one attached hydrogen (secondary N) is 1. The van der Waals surface area contributed by atoms with E-state index in [1.54, 1.807) is 4.90 Å². The molecular weight excluding hydrogens is 431 g/mol. The van der Waals surface area contributed by atoms with Crippen molar-refractivity contribution in [2.24, 2.45) is 0 Å². The van der Waals surface area contributed by atoms with Crippen LogP contribution in [0.25, 0.3) is 0 Å². The van der Waals surface area contributed by atoms with E-state index < -0.39 is 12.1 Å². The number of ether oxygens (including phenoxy) is 1. The Balaban J connectivity index is 1.57. The van der Waals surface area contributed by atoms with Crippen molar-refractivity contribution in [2.75, 3.05) is 11.4 Å². The van der Waals surface area contributed by atoms with Gasteiger partial charge in [-0.05, 0) is 65.3 Å². The lowest BCUT2D eigenvalue weighted by Crippen LogP contribution is -2.52. The summed E-state index contributed by atoms with van der Waals surface area (Å²) in [6.07, 6.45) is 0.897. The zero-order valence-electron chi connectivity index (χ0n) is 13.7. The lowest BCUT2D eigenvalue weighted by Gasteiger charge is -2.32. The van der Waals surface area contributed by atoms with E-state index in [0.29, 0.717) is 13.0 Å². The van der Waals surface area contributed by atoms with Crippen LogP contribution in [0.5, 0.6) is 0 Å². The van der Waals surface area contributed by atoms with Gasteiger partial charge >= 0.3 is 6.09 Å². The standard InChI is InChI=1S/C19H19IN2O3/c20-15-8-10-16(11-9-15)22-12-4-7-17(18(22)23)21-19(24)25-13-14-5-2-1-3-6-14/h1-3,5-6,8-11,17H,4,7,12-13H2,(H,21,24)/t17-/m0/s1. The number of carbonyl (C=O) groups excluding carboxylic acids is 2. The van der Waals surface area contributed by atoms with Gasteiger partial charge < -0.3 is 15.0 Å². The summed E-state index contributed by atoms with van der Waals surface area (Å²) in [6.45, 7) is 0.852. The van der Waals surface area contributed by atoms with Crippen LogP contribution in [-0.4, -0.2) is 24.6 Å². The van der Waals surface area contributed by atoms with Crippen molar-refractivity contribution in [1.29, 1.82) is 0 Å². The minimum Gasteiger partial charge on any atom is -0.445 e. The normalized spacial score (nSPS) is 17.2. The van der Waals surface area contributed by atoms with Gasteiger partial charge in [-0.25, -0.2) is 4.79 Å². The maximum atomic E-state index is 12.7. The lowest BCUT2D eigenvalue weighted by molar-refractivity contribution is -0.121. The molecule has 1 N–H and O–H groups in total. The van der Waals surface area contributed by atoms with Gasteiger partial charge in [-0.15, -0.1) is 0 Å². The number of carbonyl (C=O) groups is 2. The summed E-state index contributed by atoms with van der Waals surface area (Å²) >= 11 is 2.23. The molecule has 6 heteroatoms.